The molecule has 2 N–H and O–H groups in total. The van der Waals surface area contributed by atoms with E-state index in [0.717, 1.165) is 5.56 Å². The molecule has 108 valence electrons. The molecule has 0 amide bonds. The van der Waals surface area contributed by atoms with Gasteiger partial charge >= 0.3 is 0 Å². The smallest absolute Gasteiger partial charge is 0.240 e. The van der Waals surface area contributed by atoms with E-state index in [4.69, 9.17) is 16.3 Å². The lowest BCUT2D eigenvalue weighted by atomic mass is 10.2. The highest BCUT2D eigenvalue weighted by molar-refractivity contribution is 7.89. The molecule has 1 atom stereocenters. The van der Waals surface area contributed by atoms with E-state index in [1.807, 2.05) is 0 Å². The third-order valence-electron chi connectivity index (χ3n) is 2.48. The molecule has 0 saturated heterocycles. The van der Waals surface area contributed by atoms with Gasteiger partial charge in [-0.15, -0.1) is 11.6 Å². The van der Waals surface area contributed by atoms with Crippen LogP contribution >= 0.6 is 11.6 Å². The minimum absolute atomic E-state index is 0.0805. The van der Waals surface area contributed by atoms with Crippen molar-refractivity contribution >= 4 is 21.6 Å². The summed E-state index contributed by atoms with van der Waals surface area (Å²) in [7, 11) is -2.17. The molecule has 1 rings (SSSR count). The Balaban J connectivity index is 2.66. The minimum atomic E-state index is -3.60. The van der Waals surface area contributed by atoms with Gasteiger partial charge in [0, 0.05) is 19.5 Å². The first-order chi connectivity index (χ1) is 8.99. The molecule has 0 fully saturated rings. The second-order valence-corrected chi connectivity index (χ2v) is 6.19. The second kappa shape index (κ2) is 7.81. The molecule has 0 radical (unpaired) electrons. The monoisotopic (exact) mass is 307 g/mol. The Morgan fingerprint density at radius 2 is 2.00 bits per heavy atom. The maximum Gasteiger partial charge on any atom is 0.240 e. The van der Waals surface area contributed by atoms with Crippen LogP contribution in [-0.2, 0) is 21.2 Å². The van der Waals surface area contributed by atoms with Crippen LogP contribution in [0.1, 0.15) is 5.56 Å². The van der Waals surface area contributed by atoms with Crippen LogP contribution in [0.5, 0.6) is 0 Å². The number of aliphatic hydroxyl groups excluding tert-OH is 1. The zero-order valence-electron chi connectivity index (χ0n) is 10.7. The van der Waals surface area contributed by atoms with Gasteiger partial charge in [0.05, 0.1) is 17.6 Å². The number of rotatable bonds is 8. The van der Waals surface area contributed by atoms with Crippen molar-refractivity contribution in [2.45, 2.75) is 17.4 Å². The average molecular weight is 308 g/mol. The average Bonchev–Trinajstić information content (AvgIpc) is 2.38. The fraction of sp³-hybridized carbons (Fsp3) is 0.500. The SMILES string of the molecule is COCC(O)CNS(=O)(=O)c1ccc(CCCl)cc1. The molecule has 0 aromatic heterocycles. The molecule has 19 heavy (non-hydrogen) atoms. The Morgan fingerprint density at radius 3 is 2.53 bits per heavy atom. The van der Waals surface area contributed by atoms with Crippen molar-refractivity contribution in [1.29, 1.82) is 0 Å². The number of sulfonamides is 1. The molecule has 0 aliphatic heterocycles. The van der Waals surface area contributed by atoms with E-state index in [1.165, 1.54) is 19.2 Å². The highest BCUT2D eigenvalue weighted by Gasteiger charge is 2.15. The van der Waals surface area contributed by atoms with E-state index in [2.05, 4.69) is 4.72 Å². The van der Waals surface area contributed by atoms with Gasteiger partial charge < -0.3 is 9.84 Å². The molecule has 1 aromatic carbocycles. The predicted octanol–water partition coefficient (Wildman–Crippen LogP) is 0.754. The van der Waals surface area contributed by atoms with Crippen LogP contribution in [0.3, 0.4) is 0 Å². The molecule has 1 aromatic rings. The third kappa shape index (κ3) is 5.46. The summed E-state index contributed by atoms with van der Waals surface area (Å²) in [5, 5.41) is 9.41. The standard InChI is InChI=1S/C12H18ClNO4S/c1-18-9-11(15)8-14-19(16,17)12-4-2-10(3-5-12)6-7-13/h2-5,11,14-15H,6-9H2,1H3. The van der Waals surface area contributed by atoms with E-state index >= 15 is 0 Å². The minimum Gasteiger partial charge on any atom is -0.389 e. The van der Waals surface area contributed by atoms with Crippen molar-refractivity contribution in [1.82, 2.24) is 4.72 Å². The van der Waals surface area contributed by atoms with E-state index in [0.29, 0.717) is 12.3 Å². The van der Waals surface area contributed by atoms with Crippen LogP contribution in [0.4, 0.5) is 0 Å². The van der Waals surface area contributed by atoms with Crippen LogP contribution in [-0.4, -0.2) is 45.8 Å². The predicted molar refractivity (Wildman–Crippen MR) is 73.9 cm³/mol. The lowest BCUT2D eigenvalue weighted by Crippen LogP contribution is -2.34. The van der Waals surface area contributed by atoms with Crippen molar-refractivity contribution in [3.8, 4) is 0 Å². The van der Waals surface area contributed by atoms with Crippen LogP contribution < -0.4 is 4.72 Å². The van der Waals surface area contributed by atoms with Gasteiger partial charge in [-0.05, 0) is 24.1 Å². The van der Waals surface area contributed by atoms with Crippen LogP contribution in [0.2, 0.25) is 0 Å². The summed E-state index contributed by atoms with van der Waals surface area (Å²) >= 11 is 5.61. The Labute approximate surface area is 118 Å². The molecule has 1 unspecified atom stereocenters. The van der Waals surface area contributed by atoms with Crippen molar-refractivity contribution < 1.29 is 18.3 Å². The van der Waals surface area contributed by atoms with Gasteiger partial charge in [0.15, 0.2) is 0 Å². The summed E-state index contributed by atoms with van der Waals surface area (Å²) in [5.74, 6) is 0.494. The molecule has 0 spiro atoms. The summed E-state index contributed by atoms with van der Waals surface area (Å²) in [5.41, 5.74) is 0.980. The van der Waals surface area contributed by atoms with E-state index in [9.17, 15) is 13.5 Å². The van der Waals surface area contributed by atoms with Crippen LogP contribution in [0.15, 0.2) is 29.2 Å². The normalized spacial score (nSPS) is 13.4. The first kappa shape index (κ1) is 16.4. The van der Waals surface area contributed by atoms with Crippen LogP contribution in [0.25, 0.3) is 0 Å². The van der Waals surface area contributed by atoms with Crippen molar-refractivity contribution in [2.75, 3.05) is 26.1 Å². The largest absolute Gasteiger partial charge is 0.389 e. The number of aliphatic hydroxyl groups is 1. The van der Waals surface area contributed by atoms with Crippen molar-refractivity contribution in [3.63, 3.8) is 0 Å². The third-order valence-corrected chi connectivity index (χ3v) is 4.11. The number of nitrogens with one attached hydrogen (secondary N) is 1. The molecular formula is C12H18ClNO4S. The molecule has 0 saturated carbocycles. The topological polar surface area (TPSA) is 75.6 Å². The number of halogens is 1. The number of ether oxygens (including phenoxy) is 1. The van der Waals surface area contributed by atoms with Gasteiger partial charge in [0.1, 0.15) is 0 Å². The molecule has 7 heteroatoms. The number of hydrogen-bond donors (Lipinski definition) is 2. The fourth-order valence-corrected chi connectivity index (χ4v) is 2.78. The number of aryl methyl sites for hydroxylation is 1. The summed E-state index contributed by atoms with van der Waals surface area (Å²) in [6, 6.07) is 6.49. The van der Waals surface area contributed by atoms with Crippen molar-refractivity contribution in [3.05, 3.63) is 29.8 Å². The van der Waals surface area contributed by atoms with Gasteiger partial charge in [-0.1, -0.05) is 12.1 Å². The van der Waals surface area contributed by atoms with Crippen molar-refractivity contribution in [2.24, 2.45) is 0 Å². The first-order valence-electron chi connectivity index (χ1n) is 5.81. The quantitative estimate of drug-likeness (QED) is 0.695. The summed E-state index contributed by atoms with van der Waals surface area (Å²) < 4.78 is 30.9. The lowest BCUT2D eigenvalue weighted by molar-refractivity contribution is 0.0679. The number of hydrogen-bond acceptors (Lipinski definition) is 4. The lowest BCUT2D eigenvalue weighted by Gasteiger charge is -2.11. The van der Waals surface area contributed by atoms with Gasteiger partial charge in [-0.2, -0.15) is 0 Å². The molecule has 0 aliphatic rings. The van der Waals surface area contributed by atoms with E-state index in [1.54, 1.807) is 12.1 Å². The zero-order valence-corrected chi connectivity index (χ0v) is 12.2. The highest BCUT2D eigenvalue weighted by Crippen LogP contribution is 2.11. The fourth-order valence-electron chi connectivity index (χ4n) is 1.48. The van der Waals surface area contributed by atoms with E-state index in [-0.39, 0.29) is 18.0 Å². The Kier molecular flexibility index (Phi) is 6.74. The molecule has 0 heterocycles. The van der Waals surface area contributed by atoms with Gasteiger partial charge in [0.25, 0.3) is 0 Å². The van der Waals surface area contributed by atoms with Crippen LogP contribution in [0, 0.1) is 0 Å². The molecule has 0 bridgehead atoms. The second-order valence-electron chi connectivity index (χ2n) is 4.04. The zero-order chi connectivity index (χ0) is 14.3. The van der Waals surface area contributed by atoms with Gasteiger partial charge in [0.2, 0.25) is 10.0 Å². The molecule has 5 nitrogen and oxygen atoms in total. The van der Waals surface area contributed by atoms with E-state index < -0.39 is 16.1 Å². The first-order valence-corrected chi connectivity index (χ1v) is 7.83. The Morgan fingerprint density at radius 1 is 1.37 bits per heavy atom. The van der Waals surface area contributed by atoms with Gasteiger partial charge in [-0.3, -0.25) is 0 Å². The number of benzene rings is 1. The number of methoxy groups -OCH3 is 1. The summed E-state index contributed by atoms with van der Waals surface area (Å²) in [6.45, 7) is -0.00319. The highest BCUT2D eigenvalue weighted by atomic mass is 35.5. The Hall–Kier alpha value is -0.660. The summed E-state index contributed by atoms with van der Waals surface area (Å²) in [6.07, 6.45) is -0.169. The van der Waals surface area contributed by atoms with Gasteiger partial charge in [-0.25, -0.2) is 13.1 Å². The Bertz CT molecular complexity index is 475. The number of alkyl halides is 1. The summed E-state index contributed by atoms with van der Waals surface area (Å²) in [4.78, 5) is 0.162. The maximum absolute atomic E-state index is 11.9. The molecular weight excluding hydrogens is 290 g/mol. The maximum atomic E-state index is 11.9. The molecule has 0 aliphatic carbocycles.